The Labute approximate surface area is 121 Å². The largest absolute Gasteiger partial charge is 0.462 e. The molecule has 8 heteroatoms. The zero-order valence-corrected chi connectivity index (χ0v) is 11.4. The number of halogens is 4. The van der Waals surface area contributed by atoms with E-state index in [0.29, 0.717) is 0 Å². The van der Waals surface area contributed by atoms with E-state index in [1.165, 1.54) is 0 Å². The maximum absolute atomic E-state index is 12.7. The van der Waals surface area contributed by atoms with E-state index in [0.717, 1.165) is 18.3 Å². The second-order valence-electron chi connectivity index (χ2n) is 4.13. The SMILES string of the molecule is CCOC(=O)c1c[nH]c2cc(C(F)(F)F)c(Cl)cc2c1=O. The van der Waals surface area contributed by atoms with E-state index in [2.05, 4.69) is 4.98 Å². The van der Waals surface area contributed by atoms with E-state index < -0.39 is 28.2 Å². The van der Waals surface area contributed by atoms with Crippen molar-refractivity contribution in [3.05, 3.63) is 44.7 Å². The predicted molar refractivity (Wildman–Crippen MR) is 70.5 cm³/mol. The summed E-state index contributed by atoms with van der Waals surface area (Å²) in [5, 5.41) is -0.722. The summed E-state index contributed by atoms with van der Waals surface area (Å²) in [6, 6.07) is 1.62. The van der Waals surface area contributed by atoms with Crippen molar-refractivity contribution in [3.8, 4) is 0 Å². The monoisotopic (exact) mass is 319 g/mol. The van der Waals surface area contributed by atoms with Gasteiger partial charge in [-0.1, -0.05) is 11.6 Å². The van der Waals surface area contributed by atoms with E-state index in [4.69, 9.17) is 16.3 Å². The molecule has 0 aliphatic carbocycles. The van der Waals surface area contributed by atoms with Gasteiger partial charge in [-0.25, -0.2) is 4.79 Å². The van der Waals surface area contributed by atoms with Crippen LogP contribution in [0.1, 0.15) is 22.8 Å². The number of hydrogen-bond acceptors (Lipinski definition) is 3. The lowest BCUT2D eigenvalue weighted by molar-refractivity contribution is -0.137. The Kier molecular flexibility index (Phi) is 3.95. The van der Waals surface area contributed by atoms with Crippen LogP contribution in [-0.4, -0.2) is 17.6 Å². The van der Waals surface area contributed by atoms with Crippen LogP contribution in [0.15, 0.2) is 23.1 Å². The summed E-state index contributed by atoms with van der Waals surface area (Å²) in [6.45, 7) is 1.64. The molecule has 0 bridgehead atoms. The van der Waals surface area contributed by atoms with Crippen molar-refractivity contribution < 1.29 is 22.7 Å². The third-order valence-electron chi connectivity index (χ3n) is 2.77. The van der Waals surface area contributed by atoms with Crippen molar-refractivity contribution in [1.29, 1.82) is 0 Å². The van der Waals surface area contributed by atoms with Crippen LogP contribution >= 0.6 is 11.6 Å². The zero-order valence-electron chi connectivity index (χ0n) is 10.7. The molecule has 1 N–H and O–H groups in total. The van der Waals surface area contributed by atoms with Crippen LogP contribution in [0, 0.1) is 0 Å². The minimum atomic E-state index is -4.64. The first-order valence-electron chi connectivity index (χ1n) is 5.85. The van der Waals surface area contributed by atoms with Crippen LogP contribution in [0.4, 0.5) is 13.2 Å². The fourth-order valence-corrected chi connectivity index (χ4v) is 2.09. The fourth-order valence-electron chi connectivity index (χ4n) is 1.82. The summed E-state index contributed by atoms with van der Waals surface area (Å²) in [7, 11) is 0. The Balaban J connectivity index is 2.68. The van der Waals surface area contributed by atoms with Gasteiger partial charge in [0.25, 0.3) is 0 Å². The molecular weight excluding hydrogens is 311 g/mol. The van der Waals surface area contributed by atoms with E-state index in [1.54, 1.807) is 6.92 Å². The molecule has 0 radical (unpaired) electrons. The van der Waals surface area contributed by atoms with E-state index >= 15 is 0 Å². The predicted octanol–water partition coefficient (Wildman–Crippen LogP) is 3.38. The topological polar surface area (TPSA) is 59.2 Å². The molecule has 2 aromatic rings. The van der Waals surface area contributed by atoms with Crippen molar-refractivity contribution in [2.75, 3.05) is 6.61 Å². The number of alkyl halides is 3. The number of hydrogen-bond donors (Lipinski definition) is 1. The lowest BCUT2D eigenvalue weighted by Gasteiger charge is -2.10. The van der Waals surface area contributed by atoms with Gasteiger partial charge in [0, 0.05) is 11.6 Å². The maximum atomic E-state index is 12.7. The average Bonchev–Trinajstić information content (AvgIpc) is 2.38. The van der Waals surface area contributed by atoms with E-state index in [9.17, 15) is 22.8 Å². The number of carbonyl (C=O) groups is 1. The highest BCUT2D eigenvalue weighted by atomic mass is 35.5. The van der Waals surface area contributed by atoms with E-state index in [-0.39, 0.29) is 23.1 Å². The smallest absolute Gasteiger partial charge is 0.417 e. The minimum absolute atomic E-state index is 0.0650. The average molecular weight is 320 g/mol. The third-order valence-corrected chi connectivity index (χ3v) is 3.08. The molecule has 0 unspecified atom stereocenters. The van der Waals surface area contributed by atoms with Crippen molar-refractivity contribution in [2.45, 2.75) is 13.1 Å². The molecule has 21 heavy (non-hydrogen) atoms. The summed E-state index contributed by atoms with van der Waals surface area (Å²) >= 11 is 5.56. The molecule has 2 rings (SSSR count). The lowest BCUT2D eigenvalue weighted by Crippen LogP contribution is -2.18. The third kappa shape index (κ3) is 2.87. The van der Waals surface area contributed by atoms with Crippen molar-refractivity contribution >= 4 is 28.5 Å². The second kappa shape index (κ2) is 5.40. The first-order valence-corrected chi connectivity index (χ1v) is 6.22. The number of carbonyl (C=O) groups excluding carboxylic acids is 1. The molecule has 1 aromatic carbocycles. The highest BCUT2D eigenvalue weighted by Crippen LogP contribution is 2.36. The highest BCUT2D eigenvalue weighted by Gasteiger charge is 2.33. The van der Waals surface area contributed by atoms with Crippen LogP contribution in [0.25, 0.3) is 10.9 Å². The van der Waals surface area contributed by atoms with Gasteiger partial charge in [0.15, 0.2) is 0 Å². The number of H-pyrrole nitrogens is 1. The summed E-state index contributed by atoms with van der Waals surface area (Å²) in [4.78, 5) is 26.1. The Morgan fingerprint density at radius 2 is 2.05 bits per heavy atom. The molecule has 0 atom stereocenters. The molecule has 0 saturated heterocycles. The molecule has 0 fully saturated rings. The first-order chi connectivity index (χ1) is 9.75. The number of esters is 1. The fraction of sp³-hybridized carbons (Fsp3) is 0.231. The van der Waals surface area contributed by atoms with Crippen LogP contribution in [0.5, 0.6) is 0 Å². The van der Waals surface area contributed by atoms with Crippen molar-refractivity contribution in [3.63, 3.8) is 0 Å². The van der Waals surface area contributed by atoms with Gasteiger partial charge in [0.1, 0.15) is 5.56 Å². The van der Waals surface area contributed by atoms with E-state index in [1.807, 2.05) is 0 Å². The van der Waals surface area contributed by atoms with Gasteiger partial charge in [-0.3, -0.25) is 4.79 Å². The standard InChI is InChI=1S/C13H9ClF3NO3/c1-2-21-12(20)7-5-18-10-4-8(13(15,16)17)9(14)3-6(10)11(7)19/h3-5H,2H2,1H3,(H,18,19). The van der Waals surface area contributed by atoms with Gasteiger partial charge in [0.2, 0.25) is 5.43 Å². The number of aromatic amines is 1. The molecule has 1 heterocycles. The molecule has 1 aromatic heterocycles. The Morgan fingerprint density at radius 3 is 2.62 bits per heavy atom. The molecule has 0 aliphatic rings. The summed E-state index contributed by atoms with van der Waals surface area (Å²) in [6.07, 6.45) is -3.61. The quantitative estimate of drug-likeness (QED) is 0.863. The number of nitrogens with one attached hydrogen (secondary N) is 1. The molecule has 0 aliphatic heterocycles. The normalized spacial score (nSPS) is 11.7. The summed E-state index contributed by atoms with van der Waals surface area (Å²) in [5.74, 6) is -0.850. The molecule has 4 nitrogen and oxygen atoms in total. The molecule has 0 saturated carbocycles. The maximum Gasteiger partial charge on any atom is 0.417 e. The van der Waals surface area contributed by atoms with Crippen molar-refractivity contribution in [2.24, 2.45) is 0 Å². The number of pyridine rings is 1. The van der Waals surface area contributed by atoms with Gasteiger partial charge in [0.05, 0.1) is 22.7 Å². The van der Waals surface area contributed by atoms with Crippen LogP contribution in [0.2, 0.25) is 5.02 Å². The van der Waals surface area contributed by atoms with Gasteiger partial charge in [-0.2, -0.15) is 13.2 Å². The van der Waals surface area contributed by atoms with Crippen molar-refractivity contribution in [1.82, 2.24) is 4.98 Å². The molecule has 0 spiro atoms. The number of ether oxygens (including phenoxy) is 1. The molecule has 112 valence electrons. The van der Waals surface area contributed by atoms with Gasteiger partial charge < -0.3 is 9.72 Å². The van der Waals surface area contributed by atoms with Crippen LogP contribution < -0.4 is 5.43 Å². The number of rotatable bonds is 2. The van der Waals surface area contributed by atoms with Gasteiger partial charge in [-0.15, -0.1) is 0 Å². The lowest BCUT2D eigenvalue weighted by atomic mass is 10.1. The van der Waals surface area contributed by atoms with Gasteiger partial charge >= 0.3 is 12.1 Å². The number of aromatic nitrogens is 1. The van der Waals surface area contributed by atoms with Crippen LogP contribution in [-0.2, 0) is 10.9 Å². The molecular formula is C13H9ClF3NO3. The Bertz CT molecular complexity index is 768. The highest BCUT2D eigenvalue weighted by molar-refractivity contribution is 6.32. The van der Waals surface area contributed by atoms with Crippen LogP contribution in [0.3, 0.4) is 0 Å². The summed E-state index contributed by atoms with van der Waals surface area (Å²) < 4.78 is 42.9. The zero-order chi connectivity index (χ0) is 15.8. The number of benzene rings is 1. The Hall–Kier alpha value is -2.02. The first kappa shape index (κ1) is 15.4. The number of fused-ring (bicyclic) bond motifs is 1. The summed E-state index contributed by atoms with van der Waals surface area (Å²) in [5.41, 5.74) is -2.15. The Morgan fingerprint density at radius 1 is 1.38 bits per heavy atom. The minimum Gasteiger partial charge on any atom is -0.462 e. The van der Waals surface area contributed by atoms with Gasteiger partial charge in [-0.05, 0) is 19.1 Å². The molecule has 0 amide bonds. The second-order valence-corrected chi connectivity index (χ2v) is 4.53.